The maximum absolute atomic E-state index is 12.9. The number of nitrogens with one attached hydrogen (secondary N) is 2. The van der Waals surface area contributed by atoms with Gasteiger partial charge in [-0.25, -0.2) is 9.18 Å². The van der Waals surface area contributed by atoms with Crippen molar-refractivity contribution in [2.24, 2.45) is 0 Å². The molecule has 1 heterocycles. The van der Waals surface area contributed by atoms with Gasteiger partial charge in [0, 0.05) is 11.6 Å². The number of carboxylic acids is 1. The molecule has 2 rings (SSSR count). The lowest BCUT2D eigenvalue weighted by Gasteiger charge is -2.05. The van der Waals surface area contributed by atoms with Crippen LogP contribution in [0.15, 0.2) is 24.3 Å². The van der Waals surface area contributed by atoms with Gasteiger partial charge in [0.05, 0.1) is 0 Å². The number of carbonyl (C=O) groups excluding carboxylic acids is 1. The van der Waals surface area contributed by atoms with Gasteiger partial charge in [-0.1, -0.05) is 0 Å². The molecule has 1 aromatic carbocycles. The van der Waals surface area contributed by atoms with Crippen LogP contribution in [-0.2, 0) is 0 Å². The Balaban J connectivity index is 2.18. The van der Waals surface area contributed by atoms with Crippen molar-refractivity contribution in [3.05, 3.63) is 46.9 Å². The van der Waals surface area contributed by atoms with Crippen molar-refractivity contribution in [2.45, 2.75) is 6.92 Å². The Kier molecular flexibility index (Phi) is 3.28. The second kappa shape index (κ2) is 4.89. The smallest absolute Gasteiger partial charge is 0.353 e. The number of aromatic nitrogens is 2. The van der Waals surface area contributed by atoms with Gasteiger partial charge in [0.25, 0.3) is 5.91 Å². The summed E-state index contributed by atoms with van der Waals surface area (Å²) in [5.74, 6) is -2.00. The summed E-state index contributed by atoms with van der Waals surface area (Å²) in [6.07, 6.45) is 0. The van der Waals surface area contributed by atoms with Gasteiger partial charge in [-0.3, -0.25) is 9.89 Å². The Bertz CT molecular complexity index is 651. The fraction of sp³-hybridized carbons (Fsp3) is 0.0833. The number of aryl methyl sites for hydroxylation is 1. The van der Waals surface area contributed by atoms with Gasteiger partial charge < -0.3 is 10.4 Å². The molecule has 7 heteroatoms. The van der Waals surface area contributed by atoms with E-state index in [0.29, 0.717) is 11.1 Å². The van der Waals surface area contributed by atoms with E-state index in [-0.39, 0.29) is 11.5 Å². The fourth-order valence-electron chi connectivity index (χ4n) is 1.56. The minimum Gasteiger partial charge on any atom is -0.477 e. The third-order valence-electron chi connectivity index (χ3n) is 2.48. The molecule has 0 fully saturated rings. The third-order valence-corrected chi connectivity index (χ3v) is 2.48. The van der Waals surface area contributed by atoms with Crippen LogP contribution >= 0.6 is 0 Å². The van der Waals surface area contributed by atoms with Crippen LogP contribution in [0.2, 0.25) is 0 Å². The van der Waals surface area contributed by atoms with Crippen molar-refractivity contribution >= 4 is 17.7 Å². The van der Waals surface area contributed by atoms with E-state index >= 15 is 0 Å². The van der Waals surface area contributed by atoms with Gasteiger partial charge in [-0.05, 0) is 30.7 Å². The molecule has 6 nitrogen and oxygen atoms in total. The number of H-pyrrole nitrogens is 1. The molecule has 0 spiro atoms. The molecule has 0 atom stereocenters. The average Bonchev–Trinajstić information content (AvgIpc) is 2.77. The molecule has 0 bridgehead atoms. The number of benzene rings is 1. The number of aromatic amines is 1. The third kappa shape index (κ3) is 2.76. The normalized spacial score (nSPS) is 10.2. The monoisotopic (exact) mass is 263 g/mol. The summed E-state index contributed by atoms with van der Waals surface area (Å²) >= 11 is 0. The summed E-state index contributed by atoms with van der Waals surface area (Å²) < 4.78 is 12.9. The minimum atomic E-state index is -1.18. The van der Waals surface area contributed by atoms with Crippen LogP contribution in [0.3, 0.4) is 0 Å². The number of halogens is 1. The number of rotatable bonds is 3. The predicted molar refractivity (Wildman–Crippen MR) is 64.6 cm³/mol. The number of hydrogen-bond acceptors (Lipinski definition) is 3. The predicted octanol–water partition coefficient (Wildman–Crippen LogP) is 1.81. The molecule has 0 aliphatic rings. The zero-order valence-electron chi connectivity index (χ0n) is 9.90. The quantitative estimate of drug-likeness (QED) is 0.787. The number of carbonyl (C=O) groups is 2. The number of amides is 1. The van der Waals surface area contributed by atoms with Crippen LogP contribution < -0.4 is 5.32 Å². The topological polar surface area (TPSA) is 95.1 Å². The molecule has 3 N–H and O–H groups in total. The summed E-state index contributed by atoms with van der Waals surface area (Å²) in [7, 11) is 0. The lowest BCUT2D eigenvalue weighted by atomic mass is 10.1. The standard InChI is InChI=1S/C12H10FN3O3/c1-6-4-7(13)2-3-8(6)11(17)14-10-5-9(12(18)19)15-16-10/h2-5H,1H3,(H,18,19)(H2,14,15,16,17). The van der Waals surface area contributed by atoms with Crippen molar-refractivity contribution in [3.8, 4) is 0 Å². The molecule has 0 saturated heterocycles. The Morgan fingerprint density at radius 1 is 1.37 bits per heavy atom. The molecule has 1 aromatic heterocycles. The van der Waals surface area contributed by atoms with E-state index in [0.717, 1.165) is 0 Å². The summed E-state index contributed by atoms with van der Waals surface area (Å²) in [5.41, 5.74) is 0.638. The van der Waals surface area contributed by atoms with Gasteiger partial charge in [-0.15, -0.1) is 0 Å². The van der Waals surface area contributed by atoms with Crippen LogP contribution in [0.5, 0.6) is 0 Å². The average molecular weight is 263 g/mol. The second-order valence-corrected chi connectivity index (χ2v) is 3.89. The molecular formula is C12H10FN3O3. The van der Waals surface area contributed by atoms with Gasteiger partial charge in [0.1, 0.15) is 11.5 Å². The Hall–Kier alpha value is -2.70. The molecule has 1 amide bonds. The van der Waals surface area contributed by atoms with Crippen molar-refractivity contribution in [1.29, 1.82) is 0 Å². The molecule has 0 aliphatic heterocycles. The zero-order chi connectivity index (χ0) is 14.0. The van der Waals surface area contributed by atoms with E-state index < -0.39 is 17.7 Å². The first-order valence-corrected chi connectivity index (χ1v) is 5.33. The number of nitrogens with zero attached hydrogens (tertiary/aromatic N) is 1. The first kappa shape index (κ1) is 12.7. The van der Waals surface area contributed by atoms with E-state index in [1.165, 1.54) is 24.3 Å². The summed E-state index contributed by atoms with van der Waals surface area (Å²) in [5, 5.41) is 17.0. The van der Waals surface area contributed by atoms with E-state index in [4.69, 9.17) is 5.11 Å². The molecule has 0 unspecified atom stereocenters. The van der Waals surface area contributed by atoms with Crippen molar-refractivity contribution in [2.75, 3.05) is 5.32 Å². The lowest BCUT2D eigenvalue weighted by Crippen LogP contribution is -2.13. The summed E-state index contributed by atoms with van der Waals surface area (Å²) in [6, 6.07) is 4.96. The molecule has 2 aromatic rings. The largest absolute Gasteiger partial charge is 0.477 e. The van der Waals surface area contributed by atoms with Crippen molar-refractivity contribution in [3.63, 3.8) is 0 Å². The second-order valence-electron chi connectivity index (χ2n) is 3.89. The van der Waals surface area contributed by atoms with Gasteiger partial charge in [0.15, 0.2) is 5.82 Å². The highest BCUT2D eigenvalue weighted by Gasteiger charge is 2.13. The van der Waals surface area contributed by atoms with Crippen molar-refractivity contribution < 1.29 is 19.1 Å². The van der Waals surface area contributed by atoms with E-state index in [2.05, 4.69) is 15.5 Å². The van der Waals surface area contributed by atoms with Gasteiger partial charge >= 0.3 is 5.97 Å². The van der Waals surface area contributed by atoms with Crippen LogP contribution in [0.1, 0.15) is 26.4 Å². The Morgan fingerprint density at radius 2 is 2.11 bits per heavy atom. The zero-order valence-corrected chi connectivity index (χ0v) is 9.90. The van der Waals surface area contributed by atoms with Gasteiger partial charge in [-0.2, -0.15) is 5.10 Å². The first-order valence-electron chi connectivity index (χ1n) is 5.33. The SMILES string of the molecule is Cc1cc(F)ccc1C(=O)Nc1cc(C(=O)O)[nH]n1. The Morgan fingerprint density at radius 3 is 2.68 bits per heavy atom. The van der Waals surface area contributed by atoms with Gasteiger partial charge in [0.2, 0.25) is 0 Å². The number of aromatic carboxylic acids is 1. The minimum absolute atomic E-state index is 0.0890. The fourth-order valence-corrected chi connectivity index (χ4v) is 1.56. The maximum atomic E-state index is 12.9. The number of anilines is 1. The van der Waals surface area contributed by atoms with Crippen LogP contribution in [0, 0.1) is 12.7 Å². The highest BCUT2D eigenvalue weighted by molar-refractivity contribution is 6.05. The highest BCUT2D eigenvalue weighted by atomic mass is 19.1. The molecule has 0 radical (unpaired) electrons. The molecule has 19 heavy (non-hydrogen) atoms. The first-order chi connectivity index (χ1) is 8.97. The van der Waals surface area contributed by atoms with E-state index in [1.807, 2.05) is 0 Å². The molecular weight excluding hydrogens is 253 g/mol. The summed E-state index contributed by atoms with van der Waals surface area (Å²) in [6.45, 7) is 1.60. The van der Waals surface area contributed by atoms with Crippen LogP contribution in [0.4, 0.5) is 10.2 Å². The summed E-state index contributed by atoms with van der Waals surface area (Å²) in [4.78, 5) is 22.5. The van der Waals surface area contributed by atoms with Crippen LogP contribution in [0.25, 0.3) is 0 Å². The lowest BCUT2D eigenvalue weighted by molar-refractivity contribution is 0.0690. The maximum Gasteiger partial charge on any atom is 0.353 e. The Labute approximate surface area is 107 Å². The van der Waals surface area contributed by atoms with Crippen LogP contribution in [-0.4, -0.2) is 27.2 Å². The molecule has 0 saturated carbocycles. The molecule has 98 valence electrons. The number of hydrogen-bond donors (Lipinski definition) is 3. The van der Waals surface area contributed by atoms with E-state index in [9.17, 15) is 14.0 Å². The van der Waals surface area contributed by atoms with E-state index in [1.54, 1.807) is 6.92 Å². The van der Waals surface area contributed by atoms with Crippen molar-refractivity contribution in [1.82, 2.24) is 10.2 Å². The molecule has 0 aliphatic carbocycles. The number of carboxylic acid groups (broad SMARTS) is 1. The highest BCUT2D eigenvalue weighted by Crippen LogP contribution is 2.13.